The minimum atomic E-state index is -3.41. The van der Waals surface area contributed by atoms with Crippen LogP contribution in [0.4, 0.5) is 0 Å². The van der Waals surface area contributed by atoms with Crippen LogP contribution in [-0.4, -0.2) is 50.2 Å². The molecule has 6 heteroatoms. The van der Waals surface area contributed by atoms with Crippen LogP contribution in [-0.2, 0) is 15.9 Å². The maximum atomic E-state index is 13.2. The summed E-state index contributed by atoms with van der Waals surface area (Å²) in [6, 6.07) is -6.27. The minimum absolute atomic E-state index is 0.435. The topological polar surface area (TPSA) is 74.0 Å². The molecule has 1 fully saturated rings. The van der Waals surface area contributed by atoms with E-state index in [9.17, 15) is 7.54 Å². The molecule has 1 saturated heterocycles. The van der Waals surface area contributed by atoms with E-state index in [0.717, 1.165) is 14.0 Å². The van der Waals surface area contributed by atoms with Crippen LogP contribution in [0.25, 0.3) is 0 Å². The molecular weight excluding hydrogens is 380 g/mol. The Bertz CT molecular complexity index is 1410. The molecule has 5 atom stereocenters. The highest BCUT2D eigenvalue weighted by molar-refractivity contribution is 5.76. The number of benzene rings is 1. The van der Waals surface area contributed by atoms with E-state index in [-0.39, 0.29) is 0 Å². The zero-order valence-corrected chi connectivity index (χ0v) is 17.3. The number of nitrogens with zero attached hydrogens (tertiary/aromatic N) is 1. The SMILES string of the molecule is [2H]c1c(OC)c(OC([2H])([2H])[2H])c([2H])c2c1C1([2H])CC([2H])(OC(=O)[C@@H](N)C(C)C)C(C([2H])([2H])C([2H])(C)C([2H])([2H])[2H])CN1C([2H])([2H])C2([2H])[2H]. The normalized spacial score (nSPS) is 44.7. The summed E-state index contributed by atoms with van der Waals surface area (Å²) in [5, 5.41) is 0. The van der Waals surface area contributed by atoms with Gasteiger partial charge in [0, 0.05) is 45.1 Å². The Hall–Kier alpha value is -1.79. The van der Waals surface area contributed by atoms with Gasteiger partial charge in [0.15, 0.2) is 11.5 Å². The van der Waals surface area contributed by atoms with Crippen molar-refractivity contribution in [3.63, 3.8) is 0 Å². The first kappa shape index (κ1) is 9.37. The second kappa shape index (κ2) is 9.56. The number of hydrogen-bond acceptors (Lipinski definition) is 6. The molecule has 2 N–H and O–H groups in total. The summed E-state index contributed by atoms with van der Waals surface area (Å²) in [4.78, 5) is 13.6. The van der Waals surface area contributed by atoms with Crippen LogP contribution in [0.2, 0.25) is 0 Å². The summed E-state index contributed by atoms with van der Waals surface area (Å²) < 4.78 is 160. The van der Waals surface area contributed by atoms with Gasteiger partial charge in [-0.05, 0) is 47.8 Å². The van der Waals surface area contributed by atoms with E-state index in [1.165, 1.54) is 13.8 Å². The molecule has 1 aromatic rings. The van der Waals surface area contributed by atoms with E-state index < -0.39 is 123 Å². The van der Waals surface area contributed by atoms with Gasteiger partial charge < -0.3 is 19.9 Å². The number of fused-ring (bicyclic) bond motifs is 3. The Labute approximate surface area is 204 Å². The van der Waals surface area contributed by atoms with Gasteiger partial charge in [-0.15, -0.1) is 0 Å². The average Bonchev–Trinajstić information content (AvgIpc) is 2.86. The Morgan fingerprint density at radius 2 is 2.23 bits per heavy atom. The fraction of sp³-hybridized carbons (Fsp3) is 0.708. The molecule has 4 unspecified atom stereocenters. The van der Waals surface area contributed by atoms with Gasteiger partial charge in [0.2, 0.25) is 0 Å². The quantitative estimate of drug-likeness (QED) is 0.660. The number of nitrogens with two attached hydrogens (primary N) is 1. The summed E-state index contributed by atoms with van der Waals surface area (Å²) in [5.74, 6) is -8.83. The third kappa shape index (κ3) is 4.75. The summed E-state index contributed by atoms with van der Waals surface area (Å²) in [6.45, 7) is -4.19. The van der Waals surface area contributed by atoms with Crippen LogP contribution in [0.1, 0.15) is 80.9 Å². The Morgan fingerprint density at radius 3 is 2.90 bits per heavy atom. The molecule has 2 aliphatic rings. The summed E-state index contributed by atoms with van der Waals surface area (Å²) >= 11 is 0. The largest absolute Gasteiger partial charge is 0.493 e. The van der Waals surface area contributed by atoms with Gasteiger partial charge in [-0.25, -0.2) is 0 Å². The van der Waals surface area contributed by atoms with E-state index >= 15 is 0 Å². The highest BCUT2D eigenvalue weighted by atomic mass is 16.5. The van der Waals surface area contributed by atoms with Crippen LogP contribution < -0.4 is 15.2 Å². The van der Waals surface area contributed by atoms with E-state index in [2.05, 4.69) is 0 Å². The molecule has 0 aliphatic carbocycles. The minimum Gasteiger partial charge on any atom is -0.493 e. The van der Waals surface area contributed by atoms with Gasteiger partial charge in [0.05, 0.1) is 23.7 Å². The number of hydrogen-bond donors (Lipinski definition) is 1. The zero-order valence-electron chi connectivity index (χ0n) is 34.3. The van der Waals surface area contributed by atoms with Gasteiger partial charge in [-0.1, -0.05) is 27.6 Å². The third-order valence-electron chi connectivity index (χ3n) is 4.88. The van der Waals surface area contributed by atoms with Crippen molar-refractivity contribution >= 4 is 5.97 Å². The van der Waals surface area contributed by atoms with Gasteiger partial charge in [0.1, 0.15) is 12.1 Å². The number of rotatable bonds is 7. The van der Waals surface area contributed by atoms with Crippen molar-refractivity contribution in [1.82, 2.24) is 4.90 Å². The highest BCUT2D eigenvalue weighted by Crippen LogP contribution is 2.44. The van der Waals surface area contributed by atoms with E-state index in [1.54, 1.807) is 0 Å². The second-order valence-electron chi connectivity index (χ2n) is 7.41. The zero-order chi connectivity index (χ0) is 36.9. The lowest BCUT2D eigenvalue weighted by Gasteiger charge is -2.47. The van der Waals surface area contributed by atoms with Crippen LogP contribution in [0.15, 0.2) is 12.1 Å². The fourth-order valence-electron chi connectivity index (χ4n) is 3.19. The molecular formula is C24H38N2O4. The van der Waals surface area contributed by atoms with Crippen molar-refractivity contribution in [3.05, 3.63) is 23.2 Å². The number of methoxy groups -OCH3 is 2. The van der Waals surface area contributed by atoms with Crippen molar-refractivity contribution in [1.29, 1.82) is 0 Å². The van der Waals surface area contributed by atoms with Crippen LogP contribution >= 0.6 is 0 Å². The maximum Gasteiger partial charge on any atom is 0.323 e. The van der Waals surface area contributed by atoms with Crippen LogP contribution in [0.3, 0.4) is 0 Å². The highest BCUT2D eigenvalue weighted by Gasteiger charge is 2.41. The monoisotopic (exact) mass is 435 g/mol. The van der Waals surface area contributed by atoms with Gasteiger partial charge in [-0.3, -0.25) is 9.69 Å². The van der Waals surface area contributed by atoms with E-state index in [1.807, 2.05) is 0 Å². The summed E-state index contributed by atoms with van der Waals surface area (Å²) in [6.07, 6.45) is -11.0. The average molecular weight is 436 g/mol. The Balaban J connectivity index is 2.48. The van der Waals surface area contributed by atoms with Crippen molar-refractivity contribution < 1.29 is 42.3 Å². The molecule has 1 aromatic carbocycles. The maximum absolute atomic E-state index is 13.2. The van der Waals surface area contributed by atoms with Gasteiger partial charge in [-0.2, -0.15) is 0 Å². The summed E-state index contributed by atoms with van der Waals surface area (Å²) in [7, 11) is -2.28. The van der Waals surface area contributed by atoms with Crippen LogP contribution in [0.5, 0.6) is 11.5 Å². The molecule has 0 amide bonds. The lowest BCUT2D eigenvalue weighted by molar-refractivity contribution is -0.160. The van der Waals surface area contributed by atoms with Crippen molar-refractivity contribution in [2.45, 2.75) is 64.9 Å². The molecule has 0 saturated carbocycles. The summed E-state index contributed by atoms with van der Waals surface area (Å²) in [5.41, 5.74) is 4.15. The van der Waals surface area contributed by atoms with Gasteiger partial charge >= 0.3 is 5.97 Å². The van der Waals surface area contributed by atoms with E-state index in [0.29, 0.717) is 4.90 Å². The van der Waals surface area contributed by atoms with Crippen molar-refractivity contribution in [2.24, 2.45) is 23.5 Å². The first-order valence-electron chi connectivity index (χ1n) is 17.9. The van der Waals surface area contributed by atoms with E-state index in [4.69, 9.17) is 40.5 Å². The molecule has 2 heterocycles. The number of ether oxygens (including phenoxy) is 3. The second-order valence-corrected chi connectivity index (χ2v) is 7.41. The molecule has 0 aromatic heterocycles. The molecule has 0 radical (unpaired) electrons. The molecule has 0 bridgehead atoms. The Morgan fingerprint density at radius 1 is 1.47 bits per heavy atom. The number of esters is 1. The third-order valence-corrected chi connectivity index (χ3v) is 4.88. The number of piperidine rings is 1. The molecule has 0 spiro atoms. The lowest BCUT2D eigenvalue weighted by atomic mass is 9.79. The molecule has 3 rings (SSSR count). The first-order valence-corrected chi connectivity index (χ1v) is 9.45. The smallest absolute Gasteiger partial charge is 0.323 e. The first-order chi connectivity index (χ1) is 20.8. The number of carbonyl (C=O) groups excluding carboxylic acids is 1. The fourth-order valence-corrected chi connectivity index (χ4v) is 3.19. The number of carbonyl (C=O) groups is 1. The van der Waals surface area contributed by atoms with Crippen molar-refractivity contribution in [2.75, 3.05) is 27.2 Å². The predicted molar refractivity (Wildman–Crippen MR) is 118 cm³/mol. The molecule has 30 heavy (non-hydrogen) atoms. The standard InChI is InChI=1S/C24H38N2O4/c1-14(2)9-17-13-26-8-7-16-10-21(28-5)22(29-6)11-18(16)19(26)12-20(17)30-24(27)23(25)15(3)4/h10-11,14-15,17,19-20,23H,7-9,12-13,25H2,1-6H3/t17?,19?,20?,23-/m0/s1/i1D3,5D3,7D2,8D2,9D2,10D,11D,14D,19D,20D/t14?,17?,19?,20?,23-. The van der Waals surface area contributed by atoms with Crippen molar-refractivity contribution in [3.8, 4) is 11.5 Å². The molecule has 6 nitrogen and oxygen atoms in total. The lowest BCUT2D eigenvalue weighted by Crippen LogP contribution is -2.51. The van der Waals surface area contributed by atoms with Gasteiger partial charge in [0.25, 0.3) is 0 Å². The molecule has 168 valence electrons. The molecule has 2 aliphatic heterocycles. The predicted octanol–water partition coefficient (Wildman–Crippen LogP) is 3.56. The van der Waals surface area contributed by atoms with Crippen LogP contribution in [0, 0.1) is 17.7 Å². The Kier molecular flexibility index (Phi) is 2.99.